The zero-order valence-corrected chi connectivity index (χ0v) is 16.3. The Balaban J connectivity index is 1.77. The first-order valence-corrected chi connectivity index (χ1v) is 9.88. The van der Waals surface area contributed by atoms with E-state index < -0.39 is 6.04 Å². The molecule has 1 aliphatic heterocycles. The van der Waals surface area contributed by atoms with Crippen LogP contribution in [0.3, 0.4) is 0 Å². The highest BCUT2D eigenvalue weighted by atomic mass is 16.2. The van der Waals surface area contributed by atoms with Gasteiger partial charge in [-0.3, -0.25) is 14.6 Å². The van der Waals surface area contributed by atoms with E-state index >= 15 is 0 Å². The van der Waals surface area contributed by atoms with Crippen LogP contribution in [0.4, 0.5) is 0 Å². The lowest BCUT2D eigenvalue weighted by Gasteiger charge is -2.35. The van der Waals surface area contributed by atoms with Crippen molar-refractivity contribution in [1.29, 1.82) is 0 Å². The van der Waals surface area contributed by atoms with E-state index in [0.29, 0.717) is 19.4 Å². The van der Waals surface area contributed by atoms with Crippen LogP contribution >= 0.6 is 0 Å². The van der Waals surface area contributed by atoms with Gasteiger partial charge in [0.15, 0.2) is 0 Å². The summed E-state index contributed by atoms with van der Waals surface area (Å²) in [6.45, 7) is 0.884. The molecule has 0 radical (unpaired) electrons. The highest BCUT2D eigenvalue weighted by Gasteiger charge is 2.32. The van der Waals surface area contributed by atoms with Gasteiger partial charge in [-0.2, -0.15) is 0 Å². The lowest BCUT2D eigenvalue weighted by atomic mass is 9.98. The van der Waals surface area contributed by atoms with Crippen LogP contribution in [-0.2, 0) is 16.0 Å². The maximum absolute atomic E-state index is 13.1. The van der Waals surface area contributed by atoms with E-state index in [1.165, 1.54) is 0 Å². The summed E-state index contributed by atoms with van der Waals surface area (Å²) in [6, 6.07) is 15.1. The summed E-state index contributed by atoms with van der Waals surface area (Å²) in [7, 11) is 1.75. The first kappa shape index (κ1) is 20.0. The number of benzene rings is 1. The second-order valence-electron chi connectivity index (χ2n) is 7.13. The van der Waals surface area contributed by atoms with Gasteiger partial charge in [0.25, 0.3) is 0 Å². The Morgan fingerprint density at radius 1 is 1.14 bits per heavy atom. The molecule has 0 spiro atoms. The number of pyridine rings is 1. The second kappa shape index (κ2) is 9.99. The fourth-order valence-electron chi connectivity index (χ4n) is 3.69. The first-order chi connectivity index (χ1) is 13.7. The molecule has 2 aromatic rings. The Hall–Kier alpha value is -2.73. The number of carbonyl (C=O) groups excluding carboxylic acids is 2. The minimum atomic E-state index is -0.412. The Morgan fingerprint density at radius 3 is 2.64 bits per heavy atom. The standard InChI is InChI=1S/C22H28N4O2/c1-23-16-21(27)26-14-8-6-12-20(26)22(28)25-19(17-9-3-2-4-10-17)15-18-11-5-7-13-24-18/h2-5,7,9-11,13,19-20,23H,6,8,12,14-16H2,1H3,(H,25,28). The van der Waals surface area contributed by atoms with Crippen molar-refractivity contribution in [3.8, 4) is 0 Å². The summed E-state index contributed by atoms with van der Waals surface area (Å²) in [5.74, 6) is -0.114. The molecule has 2 N–H and O–H groups in total. The van der Waals surface area contributed by atoms with E-state index in [2.05, 4.69) is 15.6 Å². The number of likely N-dealkylation sites (tertiary alicyclic amines) is 1. The van der Waals surface area contributed by atoms with Crippen molar-refractivity contribution < 1.29 is 9.59 Å². The van der Waals surface area contributed by atoms with Gasteiger partial charge in [-0.1, -0.05) is 36.4 Å². The Labute approximate surface area is 166 Å². The molecule has 148 valence electrons. The quantitative estimate of drug-likeness (QED) is 0.771. The number of hydrogen-bond donors (Lipinski definition) is 2. The van der Waals surface area contributed by atoms with Gasteiger partial charge in [0.1, 0.15) is 6.04 Å². The van der Waals surface area contributed by atoms with Crippen LogP contribution in [0.5, 0.6) is 0 Å². The molecule has 6 nitrogen and oxygen atoms in total. The van der Waals surface area contributed by atoms with Gasteiger partial charge in [-0.05, 0) is 44.0 Å². The predicted octanol–water partition coefficient (Wildman–Crippen LogP) is 2.08. The van der Waals surface area contributed by atoms with Crippen LogP contribution in [0.2, 0.25) is 0 Å². The van der Waals surface area contributed by atoms with Crippen LogP contribution in [-0.4, -0.2) is 47.9 Å². The fourth-order valence-corrected chi connectivity index (χ4v) is 3.69. The fraction of sp³-hybridized carbons (Fsp3) is 0.409. The van der Waals surface area contributed by atoms with Gasteiger partial charge in [0.2, 0.25) is 11.8 Å². The molecule has 2 heterocycles. The number of likely N-dealkylation sites (N-methyl/N-ethyl adjacent to an activating group) is 1. The molecule has 3 rings (SSSR count). The molecule has 1 saturated heterocycles. The van der Waals surface area contributed by atoms with Crippen molar-refractivity contribution >= 4 is 11.8 Å². The van der Waals surface area contributed by atoms with Crippen molar-refractivity contribution in [2.75, 3.05) is 20.1 Å². The Kier molecular flexibility index (Phi) is 7.14. The molecule has 1 fully saturated rings. The molecule has 0 bridgehead atoms. The third-order valence-electron chi connectivity index (χ3n) is 5.11. The zero-order valence-electron chi connectivity index (χ0n) is 16.3. The van der Waals surface area contributed by atoms with E-state index in [-0.39, 0.29) is 24.4 Å². The monoisotopic (exact) mass is 380 g/mol. The van der Waals surface area contributed by atoms with E-state index in [9.17, 15) is 9.59 Å². The number of hydrogen-bond acceptors (Lipinski definition) is 4. The van der Waals surface area contributed by atoms with Crippen LogP contribution in [0.25, 0.3) is 0 Å². The van der Waals surface area contributed by atoms with Gasteiger partial charge < -0.3 is 15.5 Å². The minimum absolute atomic E-state index is 0.0247. The molecule has 1 aromatic heterocycles. The molecular formula is C22H28N4O2. The summed E-state index contributed by atoms with van der Waals surface area (Å²) in [5, 5.41) is 6.08. The molecule has 2 unspecified atom stereocenters. The van der Waals surface area contributed by atoms with Crippen LogP contribution in [0.1, 0.15) is 36.6 Å². The number of nitrogens with one attached hydrogen (secondary N) is 2. The van der Waals surface area contributed by atoms with Crippen molar-refractivity contribution in [2.45, 2.75) is 37.8 Å². The van der Waals surface area contributed by atoms with E-state index in [1.54, 1.807) is 18.1 Å². The van der Waals surface area contributed by atoms with Crippen molar-refractivity contribution in [1.82, 2.24) is 20.5 Å². The molecule has 28 heavy (non-hydrogen) atoms. The van der Waals surface area contributed by atoms with Gasteiger partial charge in [0.05, 0.1) is 12.6 Å². The first-order valence-electron chi connectivity index (χ1n) is 9.88. The summed E-state index contributed by atoms with van der Waals surface area (Å²) >= 11 is 0. The molecule has 2 atom stereocenters. The molecule has 0 aliphatic carbocycles. The predicted molar refractivity (Wildman–Crippen MR) is 109 cm³/mol. The zero-order chi connectivity index (χ0) is 19.8. The molecule has 1 aromatic carbocycles. The smallest absolute Gasteiger partial charge is 0.243 e. The topological polar surface area (TPSA) is 74.3 Å². The van der Waals surface area contributed by atoms with Gasteiger partial charge in [-0.25, -0.2) is 0 Å². The highest BCUT2D eigenvalue weighted by molar-refractivity contribution is 5.88. The average Bonchev–Trinajstić information content (AvgIpc) is 2.75. The van der Waals surface area contributed by atoms with E-state index in [4.69, 9.17) is 0 Å². The largest absolute Gasteiger partial charge is 0.347 e. The minimum Gasteiger partial charge on any atom is -0.347 e. The summed E-state index contributed by atoms with van der Waals surface area (Å²) < 4.78 is 0. The van der Waals surface area contributed by atoms with Crippen LogP contribution < -0.4 is 10.6 Å². The lowest BCUT2D eigenvalue weighted by Crippen LogP contribution is -2.54. The van der Waals surface area contributed by atoms with Crippen molar-refractivity contribution in [2.24, 2.45) is 0 Å². The van der Waals surface area contributed by atoms with Crippen molar-refractivity contribution in [3.05, 3.63) is 66.0 Å². The van der Waals surface area contributed by atoms with Gasteiger partial charge in [0, 0.05) is 24.9 Å². The van der Waals surface area contributed by atoms with Crippen LogP contribution in [0.15, 0.2) is 54.7 Å². The SMILES string of the molecule is CNCC(=O)N1CCCCC1C(=O)NC(Cc1ccccn1)c1ccccc1. The van der Waals surface area contributed by atoms with Gasteiger partial charge >= 0.3 is 0 Å². The number of amides is 2. The third-order valence-corrected chi connectivity index (χ3v) is 5.11. The molecule has 6 heteroatoms. The molecule has 2 amide bonds. The maximum Gasteiger partial charge on any atom is 0.243 e. The number of carbonyl (C=O) groups is 2. The summed E-state index contributed by atoms with van der Waals surface area (Å²) in [5.41, 5.74) is 1.95. The lowest BCUT2D eigenvalue weighted by molar-refractivity contribution is -0.141. The van der Waals surface area contributed by atoms with E-state index in [1.807, 2.05) is 48.5 Å². The number of piperidine rings is 1. The molecule has 0 saturated carbocycles. The Bertz CT molecular complexity index is 767. The normalized spacial score (nSPS) is 17.8. The second-order valence-corrected chi connectivity index (χ2v) is 7.13. The molecule has 1 aliphatic rings. The van der Waals surface area contributed by atoms with Crippen LogP contribution in [0, 0.1) is 0 Å². The van der Waals surface area contributed by atoms with Crippen molar-refractivity contribution in [3.63, 3.8) is 0 Å². The summed E-state index contributed by atoms with van der Waals surface area (Å²) in [4.78, 5) is 31.7. The number of rotatable bonds is 7. The number of aromatic nitrogens is 1. The maximum atomic E-state index is 13.1. The molecular weight excluding hydrogens is 352 g/mol. The third kappa shape index (κ3) is 5.16. The average molecular weight is 380 g/mol. The summed E-state index contributed by atoms with van der Waals surface area (Å²) in [6.07, 6.45) is 4.96. The Morgan fingerprint density at radius 2 is 1.93 bits per heavy atom. The highest BCUT2D eigenvalue weighted by Crippen LogP contribution is 2.21. The van der Waals surface area contributed by atoms with E-state index in [0.717, 1.165) is 24.1 Å². The van der Waals surface area contributed by atoms with Gasteiger partial charge in [-0.15, -0.1) is 0 Å². The number of nitrogens with zero attached hydrogens (tertiary/aromatic N) is 2.